The van der Waals surface area contributed by atoms with Crippen LogP contribution in [0, 0.1) is 6.92 Å². The average Bonchev–Trinajstić information content (AvgIpc) is 2.95. The minimum absolute atomic E-state index is 0.156. The van der Waals surface area contributed by atoms with Gasteiger partial charge in [0.1, 0.15) is 5.00 Å². The van der Waals surface area contributed by atoms with Crippen molar-refractivity contribution in [2.45, 2.75) is 6.92 Å². The zero-order chi connectivity index (χ0) is 21.0. The molecule has 1 aromatic carbocycles. The van der Waals surface area contributed by atoms with Gasteiger partial charge in [0.05, 0.1) is 17.6 Å². The standard InChI is InChI=1S/C19H18Cl2N2O4S/c1-10-15(19(26)27-4)17(28-16(10)18(25)23(2)3)22-14(24)8-6-11-5-7-12(20)9-13(11)21/h5-9H,1-4H3,(H,22,24). The van der Waals surface area contributed by atoms with Crippen LogP contribution >= 0.6 is 34.5 Å². The minimum Gasteiger partial charge on any atom is -0.465 e. The molecule has 2 rings (SSSR count). The van der Waals surface area contributed by atoms with Crippen LogP contribution in [0.15, 0.2) is 24.3 Å². The second kappa shape index (κ2) is 9.23. The summed E-state index contributed by atoms with van der Waals surface area (Å²) in [5.74, 6) is -1.38. The normalized spacial score (nSPS) is 10.8. The smallest absolute Gasteiger partial charge is 0.341 e. The van der Waals surface area contributed by atoms with Gasteiger partial charge < -0.3 is 15.0 Å². The lowest BCUT2D eigenvalue weighted by Gasteiger charge is -2.08. The van der Waals surface area contributed by atoms with Crippen molar-refractivity contribution in [1.29, 1.82) is 0 Å². The van der Waals surface area contributed by atoms with E-state index in [1.807, 2.05) is 0 Å². The molecule has 0 aliphatic carbocycles. The maximum Gasteiger partial charge on any atom is 0.341 e. The highest BCUT2D eigenvalue weighted by atomic mass is 35.5. The summed E-state index contributed by atoms with van der Waals surface area (Å²) >= 11 is 13.0. The van der Waals surface area contributed by atoms with E-state index in [4.69, 9.17) is 27.9 Å². The Bertz CT molecular complexity index is 967. The molecule has 0 radical (unpaired) electrons. The average molecular weight is 441 g/mol. The Kier molecular flexibility index (Phi) is 7.23. The maximum absolute atomic E-state index is 12.3. The van der Waals surface area contributed by atoms with E-state index in [-0.39, 0.29) is 16.5 Å². The number of anilines is 1. The molecule has 6 nitrogen and oxygen atoms in total. The van der Waals surface area contributed by atoms with Gasteiger partial charge >= 0.3 is 5.97 Å². The van der Waals surface area contributed by atoms with Gasteiger partial charge in [-0.1, -0.05) is 29.3 Å². The predicted molar refractivity (Wildman–Crippen MR) is 113 cm³/mol. The van der Waals surface area contributed by atoms with Crippen molar-refractivity contribution in [2.75, 3.05) is 26.5 Å². The van der Waals surface area contributed by atoms with Crippen molar-refractivity contribution >= 4 is 63.4 Å². The Balaban J connectivity index is 2.32. The Morgan fingerprint density at radius 1 is 1.21 bits per heavy atom. The number of benzene rings is 1. The van der Waals surface area contributed by atoms with Crippen LogP contribution in [0.4, 0.5) is 5.00 Å². The van der Waals surface area contributed by atoms with E-state index in [1.165, 1.54) is 24.2 Å². The molecule has 1 N–H and O–H groups in total. The van der Waals surface area contributed by atoms with Gasteiger partial charge in [0.15, 0.2) is 0 Å². The molecule has 0 saturated carbocycles. The van der Waals surface area contributed by atoms with E-state index in [1.54, 1.807) is 39.2 Å². The van der Waals surface area contributed by atoms with Gasteiger partial charge in [-0.15, -0.1) is 11.3 Å². The largest absolute Gasteiger partial charge is 0.465 e. The molecule has 0 aliphatic rings. The minimum atomic E-state index is -0.633. The topological polar surface area (TPSA) is 75.7 Å². The number of thiophene rings is 1. The summed E-state index contributed by atoms with van der Waals surface area (Å²) < 4.78 is 4.79. The fourth-order valence-electron chi connectivity index (χ4n) is 2.31. The predicted octanol–water partition coefficient (Wildman–Crippen LogP) is 4.50. The molecular weight excluding hydrogens is 423 g/mol. The summed E-state index contributed by atoms with van der Waals surface area (Å²) in [5.41, 5.74) is 1.22. The van der Waals surface area contributed by atoms with Crippen LogP contribution < -0.4 is 5.32 Å². The molecule has 2 amide bonds. The lowest BCUT2D eigenvalue weighted by atomic mass is 10.1. The van der Waals surface area contributed by atoms with Crippen molar-refractivity contribution in [3.05, 3.63) is 55.9 Å². The van der Waals surface area contributed by atoms with E-state index in [0.717, 1.165) is 11.3 Å². The van der Waals surface area contributed by atoms with E-state index in [0.29, 0.717) is 26.0 Å². The van der Waals surface area contributed by atoms with E-state index < -0.39 is 11.9 Å². The third kappa shape index (κ3) is 4.92. The highest BCUT2D eigenvalue weighted by Crippen LogP contribution is 2.34. The van der Waals surface area contributed by atoms with Crippen molar-refractivity contribution in [3.8, 4) is 0 Å². The number of rotatable bonds is 5. The van der Waals surface area contributed by atoms with Crippen LogP contribution in [0.3, 0.4) is 0 Å². The number of amides is 2. The maximum atomic E-state index is 12.3. The Labute approximate surface area is 176 Å². The van der Waals surface area contributed by atoms with Crippen molar-refractivity contribution in [2.24, 2.45) is 0 Å². The van der Waals surface area contributed by atoms with Crippen molar-refractivity contribution < 1.29 is 19.1 Å². The van der Waals surface area contributed by atoms with E-state index in [2.05, 4.69) is 5.32 Å². The molecule has 0 unspecified atom stereocenters. The lowest BCUT2D eigenvalue weighted by molar-refractivity contribution is -0.111. The molecule has 28 heavy (non-hydrogen) atoms. The molecule has 1 heterocycles. The molecule has 0 saturated heterocycles. The fourth-order valence-corrected chi connectivity index (χ4v) is 4.00. The number of nitrogens with one attached hydrogen (secondary N) is 1. The summed E-state index contributed by atoms with van der Waals surface area (Å²) in [6.07, 6.45) is 2.80. The number of hydrogen-bond donors (Lipinski definition) is 1. The number of ether oxygens (including phenoxy) is 1. The monoisotopic (exact) mass is 440 g/mol. The Morgan fingerprint density at radius 3 is 2.46 bits per heavy atom. The van der Waals surface area contributed by atoms with Crippen molar-refractivity contribution in [3.63, 3.8) is 0 Å². The molecular formula is C19H18Cl2N2O4S. The molecule has 0 bridgehead atoms. The van der Waals surface area contributed by atoms with Crippen LogP contribution in [0.1, 0.15) is 31.2 Å². The van der Waals surface area contributed by atoms with Crippen LogP contribution in [0.5, 0.6) is 0 Å². The second-order valence-electron chi connectivity index (χ2n) is 5.94. The van der Waals surface area contributed by atoms with Gasteiger partial charge in [-0.2, -0.15) is 0 Å². The Hall–Kier alpha value is -2.35. The van der Waals surface area contributed by atoms with Gasteiger partial charge in [-0.3, -0.25) is 9.59 Å². The fraction of sp³-hybridized carbons (Fsp3) is 0.211. The zero-order valence-corrected chi connectivity index (χ0v) is 18.0. The molecule has 148 valence electrons. The number of carbonyl (C=O) groups excluding carboxylic acids is 3. The second-order valence-corrected chi connectivity index (χ2v) is 7.80. The third-order valence-corrected chi connectivity index (χ3v) is 5.51. The number of halogens is 2. The summed E-state index contributed by atoms with van der Waals surface area (Å²) in [7, 11) is 4.45. The molecule has 0 fully saturated rings. The first-order valence-electron chi connectivity index (χ1n) is 8.03. The van der Waals surface area contributed by atoms with Crippen LogP contribution in [0.25, 0.3) is 6.08 Å². The summed E-state index contributed by atoms with van der Waals surface area (Å²) in [4.78, 5) is 38.6. The third-order valence-electron chi connectivity index (χ3n) is 3.75. The Morgan fingerprint density at radius 2 is 1.89 bits per heavy atom. The van der Waals surface area contributed by atoms with Gasteiger partial charge in [0, 0.05) is 30.2 Å². The van der Waals surface area contributed by atoms with Gasteiger partial charge in [-0.25, -0.2) is 4.79 Å². The van der Waals surface area contributed by atoms with Gasteiger partial charge in [-0.05, 0) is 36.3 Å². The molecule has 0 atom stereocenters. The quantitative estimate of drug-likeness (QED) is 0.548. The number of esters is 1. The lowest BCUT2D eigenvalue weighted by Crippen LogP contribution is -2.21. The van der Waals surface area contributed by atoms with Gasteiger partial charge in [0.2, 0.25) is 5.91 Å². The number of methoxy groups -OCH3 is 1. The van der Waals surface area contributed by atoms with E-state index in [9.17, 15) is 14.4 Å². The van der Waals surface area contributed by atoms with Gasteiger partial charge in [0.25, 0.3) is 5.91 Å². The molecule has 0 aliphatic heterocycles. The number of carbonyl (C=O) groups is 3. The molecule has 9 heteroatoms. The summed E-state index contributed by atoms with van der Waals surface area (Å²) in [6.45, 7) is 1.64. The first-order valence-corrected chi connectivity index (χ1v) is 9.60. The van der Waals surface area contributed by atoms with Crippen LogP contribution in [-0.4, -0.2) is 43.9 Å². The first-order chi connectivity index (χ1) is 13.1. The number of hydrogen-bond acceptors (Lipinski definition) is 5. The SMILES string of the molecule is COC(=O)c1c(NC(=O)C=Cc2ccc(Cl)cc2Cl)sc(C(=O)N(C)C)c1C. The van der Waals surface area contributed by atoms with Crippen LogP contribution in [-0.2, 0) is 9.53 Å². The zero-order valence-electron chi connectivity index (χ0n) is 15.6. The summed E-state index contributed by atoms with van der Waals surface area (Å²) in [6, 6.07) is 4.90. The molecule has 1 aromatic heterocycles. The number of nitrogens with zero attached hydrogens (tertiary/aromatic N) is 1. The van der Waals surface area contributed by atoms with E-state index >= 15 is 0 Å². The molecule has 2 aromatic rings. The first kappa shape index (κ1) is 21.9. The highest BCUT2D eigenvalue weighted by Gasteiger charge is 2.26. The van der Waals surface area contributed by atoms with Crippen molar-refractivity contribution in [1.82, 2.24) is 4.90 Å². The van der Waals surface area contributed by atoms with Crippen LogP contribution in [0.2, 0.25) is 10.0 Å². The highest BCUT2D eigenvalue weighted by molar-refractivity contribution is 7.18. The summed E-state index contributed by atoms with van der Waals surface area (Å²) in [5, 5.41) is 3.76. The molecule has 0 spiro atoms.